The van der Waals surface area contributed by atoms with Gasteiger partial charge in [-0.2, -0.15) is 0 Å². The Morgan fingerprint density at radius 3 is 2.87 bits per heavy atom. The molecule has 0 fully saturated rings. The molecule has 0 aliphatic heterocycles. The van der Waals surface area contributed by atoms with Gasteiger partial charge in [0, 0.05) is 30.4 Å². The Morgan fingerprint density at radius 2 is 2.20 bits per heavy atom. The third-order valence-corrected chi connectivity index (χ3v) is 2.75. The molecule has 0 spiro atoms. The molecule has 78 valence electrons. The first-order valence-electron chi connectivity index (χ1n) is 4.75. The van der Waals surface area contributed by atoms with Gasteiger partial charge in [-0.05, 0) is 36.2 Å². The van der Waals surface area contributed by atoms with Crippen molar-refractivity contribution in [3.63, 3.8) is 0 Å². The summed E-state index contributed by atoms with van der Waals surface area (Å²) in [5.41, 5.74) is 2.22. The van der Waals surface area contributed by atoms with Crippen LogP contribution in [0.3, 0.4) is 0 Å². The lowest BCUT2D eigenvalue weighted by Crippen LogP contribution is -2.18. The van der Waals surface area contributed by atoms with E-state index >= 15 is 0 Å². The first kappa shape index (κ1) is 10.2. The van der Waals surface area contributed by atoms with Crippen molar-refractivity contribution in [3.8, 4) is 0 Å². The van der Waals surface area contributed by atoms with E-state index in [0.717, 1.165) is 12.2 Å². The van der Waals surface area contributed by atoms with E-state index in [0.29, 0.717) is 6.04 Å². The van der Waals surface area contributed by atoms with E-state index in [9.17, 15) is 0 Å². The van der Waals surface area contributed by atoms with Crippen molar-refractivity contribution in [2.24, 2.45) is 0 Å². The van der Waals surface area contributed by atoms with E-state index in [1.807, 2.05) is 17.5 Å². The molecule has 0 radical (unpaired) electrons. The zero-order chi connectivity index (χ0) is 10.5. The maximum absolute atomic E-state index is 3.99. The van der Waals surface area contributed by atoms with E-state index in [4.69, 9.17) is 0 Å². The molecule has 0 unspecified atom stereocenters. The third-order valence-electron chi connectivity index (χ3n) is 2.20. The summed E-state index contributed by atoms with van der Waals surface area (Å²) in [6.07, 6.45) is 3.61. The van der Waals surface area contributed by atoms with Crippen LogP contribution >= 0.6 is 11.5 Å². The fourth-order valence-corrected chi connectivity index (χ4v) is 1.74. The number of hydrogen-bond acceptors (Lipinski definition) is 5. The smallest absolute Gasteiger partial charge is 0.0893 e. The molecule has 1 atom stereocenters. The van der Waals surface area contributed by atoms with Crippen LogP contribution in [0.25, 0.3) is 0 Å². The van der Waals surface area contributed by atoms with Gasteiger partial charge in [0.05, 0.1) is 5.69 Å². The summed E-state index contributed by atoms with van der Waals surface area (Å²) in [4.78, 5) is 3.99. The summed E-state index contributed by atoms with van der Waals surface area (Å²) in [7, 11) is 0. The highest BCUT2D eigenvalue weighted by molar-refractivity contribution is 7.03. The minimum absolute atomic E-state index is 0.301. The highest BCUT2D eigenvalue weighted by Crippen LogP contribution is 2.10. The molecule has 0 aliphatic rings. The highest BCUT2D eigenvalue weighted by Gasteiger charge is 2.04. The Bertz CT molecular complexity index is 387. The van der Waals surface area contributed by atoms with E-state index in [1.165, 1.54) is 17.1 Å². The molecule has 0 bridgehead atoms. The van der Waals surface area contributed by atoms with E-state index in [-0.39, 0.29) is 0 Å². The first-order valence-corrected chi connectivity index (χ1v) is 5.59. The Morgan fingerprint density at radius 1 is 1.40 bits per heavy atom. The van der Waals surface area contributed by atoms with Crippen molar-refractivity contribution in [3.05, 3.63) is 41.2 Å². The molecular weight excluding hydrogens is 208 g/mol. The number of aromatic nitrogens is 3. The second kappa shape index (κ2) is 4.95. The molecular formula is C10H12N4S. The molecule has 0 saturated heterocycles. The van der Waals surface area contributed by atoms with Crippen molar-refractivity contribution < 1.29 is 0 Å². The quantitative estimate of drug-likeness (QED) is 0.853. The minimum atomic E-state index is 0.301. The van der Waals surface area contributed by atoms with Crippen molar-refractivity contribution in [1.82, 2.24) is 19.9 Å². The number of nitrogens with zero attached hydrogens (tertiary/aromatic N) is 3. The largest absolute Gasteiger partial charge is 0.304 e. The van der Waals surface area contributed by atoms with Crippen molar-refractivity contribution >= 4 is 11.5 Å². The molecule has 1 N–H and O–H groups in total. The summed E-state index contributed by atoms with van der Waals surface area (Å²) in [6, 6.07) is 4.32. The molecule has 0 amide bonds. The lowest BCUT2D eigenvalue weighted by atomic mass is 10.1. The predicted molar refractivity (Wildman–Crippen MR) is 59.4 cm³/mol. The Balaban J connectivity index is 1.90. The molecule has 2 aromatic heterocycles. The van der Waals surface area contributed by atoms with Gasteiger partial charge in [-0.3, -0.25) is 4.98 Å². The van der Waals surface area contributed by atoms with Gasteiger partial charge in [-0.1, -0.05) is 4.49 Å². The van der Waals surface area contributed by atoms with Crippen molar-refractivity contribution in [2.45, 2.75) is 19.5 Å². The Hall–Kier alpha value is -1.33. The second-order valence-electron chi connectivity index (χ2n) is 3.28. The fourth-order valence-electron chi connectivity index (χ4n) is 1.29. The Kier molecular flexibility index (Phi) is 3.37. The lowest BCUT2D eigenvalue weighted by Gasteiger charge is -2.12. The zero-order valence-corrected chi connectivity index (χ0v) is 9.24. The number of rotatable bonds is 4. The molecule has 4 nitrogen and oxygen atoms in total. The van der Waals surface area contributed by atoms with Gasteiger partial charge in [0.1, 0.15) is 0 Å². The normalized spacial score (nSPS) is 12.6. The maximum Gasteiger partial charge on any atom is 0.0893 e. The van der Waals surface area contributed by atoms with Crippen LogP contribution in [0.1, 0.15) is 24.2 Å². The summed E-state index contributed by atoms with van der Waals surface area (Å²) in [5, 5.41) is 9.30. The van der Waals surface area contributed by atoms with Gasteiger partial charge < -0.3 is 5.32 Å². The number of nitrogens with one attached hydrogen (secondary N) is 1. The van der Waals surface area contributed by atoms with Crippen LogP contribution in [0.5, 0.6) is 0 Å². The van der Waals surface area contributed by atoms with Crippen LogP contribution in [0.15, 0.2) is 29.9 Å². The maximum atomic E-state index is 3.99. The molecule has 0 saturated carbocycles. The monoisotopic (exact) mass is 220 g/mol. The second-order valence-corrected chi connectivity index (χ2v) is 3.89. The molecule has 15 heavy (non-hydrogen) atoms. The van der Waals surface area contributed by atoms with Gasteiger partial charge in [0.25, 0.3) is 0 Å². The van der Waals surface area contributed by atoms with E-state index in [1.54, 1.807) is 12.4 Å². The lowest BCUT2D eigenvalue weighted by molar-refractivity contribution is 0.566. The van der Waals surface area contributed by atoms with Crippen LogP contribution in [-0.4, -0.2) is 14.6 Å². The summed E-state index contributed by atoms with van der Waals surface area (Å²) in [5.74, 6) is 0. The van der Waals surface area contributed by atoms with Crippen LogP contribution in [0, 0.1) is 0 Å². The highest BCUT2D eigenvalue weighted by atomic mass is 32.1. The zero-order valence-electron chi connectivity index (χ0n) is 8.42. The Labute approximate surface area is 92.5 Å². The van der Waals surface area contributed by atoms with Gasteiger partial charge >= 0.3 is 0 Å². The van der Waals surface area contributed by atoms with Crippen molar-refractivity contribution in [2.75, 3.05) is 0 Å². The van der Waals surface area contributed by atoms with Gasteiger partial charge in [0.2, 0.25) is 0 Å². The summed E-state index contributed by atoms with van der Waals surface area (Å²) < 4.78 is 3.81. The number of pyridine rings is 1. The van der Waals surface area contributed by atoms with Crippen LogP contribution in [0.2, 0.25) is 0 Å². The molecule has 0 aromatic carbocycles. The average Bonchev–Trinajstić information content (AvgIpc) is 2.80. The molecule has 2 rings (SSSR count). The van der Waals surface area contributed by atoms with E-state index < -0.39 is 0 Å². The SMILES string of the molecule is C[C@@H](NCc1csnn1)c1ccncc1. The van der Waals surface area contributed by atoms with Crippen LogP contribution < -0.4 is 5.32 Å². The van der Waals surface area contributed by atoms with E-state index in [2.05, 4.69) is 26.8 Å². The van der Waals surface area contributed by atoms with Crippen LogP contribution in [-0.2, 0) is 6.54 Å². The average molecular weight is 220 g/mol. The molecule has 0 aliphatic carbocycles. The number of hydrogen-bond donors (Lipinski definition) is 1. The minimum Gasteiger partial charge on any atom is -0.304 e. The topological polar surface area (TPSA) is 50.7 Å². The molecule has 2 aromatic rings. The van der Waals surface area contributed by atoms with Gasteiger partial charge in [0.15, 0.2) is 0 Å². The first-order chi connectivity index (χ1) is 7.36. The standard InChI is InChI=1S/C10H12N4S/c1-8(9-2-4-11-5-3-9)12-6-10-7-15-14-13-10/h2-5,7-8,12H,6H2,1H3/t8-/m1/s1. The molecule has 2 heterocycles. The summed E-state index contributed by atoms with van der Waals surface area (Å²) >= 11 is 1.38. The third kappa shape index (κ3) is 2.81. The predicted octanol–water partition coefficient (Wildman–Crippen LogP) is 1.78. The molecule has 5 heteroatoms. The van der Waals surface area contributed by atoms with Crippen LogP contribution in [0.4, 0.5) is 0 Å². The fraction of sp³-hybridized carbons (Fsp3) is 0.300. The summed E-state index contributed by atoms with van der Waals surface area (Å²) in [6.45, 7) is 2.87. The van der Waals surface area contributed by atoms with Gasteiger partial charge in [-0.15, -0.1) is 5.10 Å². The van der Waals surface area contributed by atoms with Gasteiger partial charge in [-0.25, -0.2) is 0 Å². The van der Waals surface area contributed by atoms with Crippen molar-refractivity contribution in [1.29, 1.82) is 0 Å².